The van der Waals surface area contributed by atoms with Crippen molar-refractivity contribution in [3.63, 3.8) is 0 Å². The molecule has 0 amide bonds. The van der Waals surface area contributed by atoms with E-state index in [1.54, 1.807) is 11.8 Å². The van der Waals surface area contributed by atoms with E-state index in [-0.39, 0.29) is 0 Å². The quantitative estimate of drug-likeness (QED) is 0.162. The van der Waals surface area contributed by atoms with Gasteiger partial charge in [0.15, 0.2) is 7.14 Å². The molecule has 1 aliphatic heterocycles. The van der Waals surface area contributed by atoms with Crippen LogP contribution < -0.4 is 15.9 Å². The molecular weight excluding hydrogens is 756 g/mol. The lowest BCUT2D eigenvalue weighted by atomic mass is 10.1. The number of aromatic nitrogens is 2. The summed E-state index contributed by atoms with van der Waals surface area (Å²) < 4.78 is 20.4. The van der Waals surface area contributed by atoms with Gasteiger partial charge in [-0.05, 0) is 95.1 Å². The maximum Gasteiger partial charge on any atom is 0.173 e. The number of hydrogen-bond donors (Lipinski definition) is 0. The van der Waals surface area contributed by atoms with Crippen LogP contribution in [0.25, 0.3) is 77.2 Å². The third-order valence-corrected chi connectivity index (χ3v) is 16.6. The highest BCUT2D eigenvalue weighted by molar-refractivity contribution is 8.02. The van der Waals surface area contributed by atoms with Crippen LogP contribution in [-0.2, 0) is 4.57 Å². The lowest BCUT2D eigenvalue weighted by Crippen LogP contribution is -2.30. The van der Waals surface area contributed by atoms with Gasteiger partial charge in [-0.15, -0.1) is 0 Å². The van der Waals surface area contributed by atoms with Crippen molar-refractivity contribution in [3.05, 3.63) is 212 Å². The molecule has 0 spiro atoms. The highest BCUT2D eigenvalue weighted by Gasteiger charge is 2.38. The van der Waals surface area contributed by atoms with Gasteiger partial charge in [-0.3, -0.25) is 0 Å². The summed E-state index contributed by atoms with van der Waals surface area (Å²) in [5, 5.41) is 7.66. The second kappa shape index (κ2) is 13.4. The first-order valence-electron chi connectivity index (χ1n) is 19.9. The molecular formula is C54H35N2OPS. The van der Waals surface area contributed by atoms with E-state index in [1.807, 2.05) is 30.3 Å². The average Bonchev–Trinajstić information content (AvgIpc) is 3.82. The van der Waals surface area contributed by atoms with Gasteiger partial charge in [0.2, 0.25) is 0 Å². The van der Waals surface area contributed by atoms with Crippen LogP contribution in [0.5, 0.6) is 0 Å². The van der Waals surface area contributed by atoms with Gasteiger partial charge in [0.25, 0.3) is 0 Å². The van der Waals surface area contributed by atoms with E-state index < -0.39 is 7.14 Å². The number of fused-ring (bicyclic) bond motifs is 8. The summed E-state index contributed by atoms with van der Waals surface area (Å²) >= 11 is 1.72. The topological polar surface area (TPSA) is 26.9 Å². The lowest BCUT2D eigenvalue weighted by Gasteiger charge is -2.29. The van der Waals surface area contributed by atoms with Crippen molar-refractivity contribution in [2.45, 2.75) is 9.79 Å². The fourth-order valence-corrected chi connectivity index (χ4v) is 14.0. The summed E-state index contributed by atoms with van der Waals surface area (Å²) in [6, 6.07) is 75.1. The normalized spacial score (nSPS) is 13.2. The average molecular weight is 791 g/mol. The van der Waals surface area contributed by atoms with Crippen LogP contribution in [0.4, 0.5) is 0 Å². The fourth-order valence-electron chi connectivity index (χ4n) is 9.24. The number of nitrogens with zero attached hydrogens (tertiary/aromatic N) is 2. The van der Waals surface area contributed by atoms with Gasteiger partial charge in [0.05, 0.1) is 22.1 Å². The number of hydrogen-bond acceptors (Lipinski definition) is 2. The Labute approximate surface area is 346 Å². The third kappa shape index (κ3) is 5.27. The van der Waals surface area contributed by atoms with Crippen molar-refractivity contribution in [1.29, 1.82) is 0 Å². The Bertz CT molecular complexity index is 3170. The summed E-state index contributed by atoms with van der Waals surface area (Å²) in [5.41, 5.74) is 11.5. The number of para-hydroxylation sites is 4. The zero-order valence-corrected chi connectivity index (χ0v) is 33.6. The van der Waals surface area contributed by atoms with E-state index in [9.17, 15) is 0 Å². The Morgan fingerprint density at radius 1 is 0.339 bits per heavy atom. The predicted molar refractivity (Wildman–Crippen MR) is 250 cm³/mol. The van der Waals surface area contributed by atoms with Gasteiger partial charge in [-0.2, -0.15) is 0 Å². The van der Waals surface area contributed by atoms with Crippen molar-refractivity contribution in [2.75, 3.05) is 0 Å². The highest BCUT2D eigenvalue weighted by atomic mass is 32.2. The lowest BCUT2D eigenvalue weighted by molar-refractivity contribution is 0.591. The Kier molecular flexibility index (Phi) is 7.75. The van der Waals surface area contributed by atoms with E-state index in [1.165, 1.54) is 43.6 Å². The van der Waals surface area contributed by atoms with Gasteiger partial charge < -0.3 is 13.7 Å². The molecule has 0 radical (unpaired) electrons. The second-order valence-electron chi connectivity index (χ2n) is 15.2. The summed E-state index contributed by atoms with van der Waals surface area (Å²) in [4.78, 5) is 2.07. The monoisotopic (exact) mass is 790 g/mol. The Morgan fingerprint density at radius 3 is 1.07 bits per heavy atom. The van der Waals surface area contributed by atoms with E-state index in [0.717, 1.165) is 59.3 Å². The van der Waals surface area contributed by atoms with Crippen molar-refractivity contribution in [3.8, 4) is 33.6 Å². The summed E-state index contributed by atoms with van der Waals surface area (Å²) in [5.74, 6) is 0. The molecule has 0 atom stereocenters. The maximum atomic E-state index is 15.7. The molecule has 0 unspecified atom stereocenters. The van der Waals surface area contributed by atoms with Crippen LogP contribution >= 0.6 is 18.9 Å². The van der Waals surface area contributed by atoms with Crippen molar-refractivity contribution in [2.24, 2.45) is 0 Å². The van der Waals surface area contributed by atoms with Crippen LogP contribution in [0.3, 0.4) is 0 Å². The first-order valence-corrected chi connectivity index (χ1v) is 22.5. The molecule has 3 heterocycles. The highest BCUT2D eigenvalue weighted by Crippen LogP contribution is 2.53. The molecule has 0 N–H and O–H groups in total. The molecule has 12 rings (SSSR count). The minimum absolute atomic E-state index is 0.856. The van der Waals surface area contributed by atoms with Gasteiger partial charge in [-0.25, -0.2) is 0 Å². The van der Waals surface area contributed by atoms with Crippen LogP contribution in [0.15, 0.2) is 222 Å². The predicted octanol–water partition coefficient (Wildman–Crippen LogP) is 13.3. The summed E-state index contributed by atoms with van der Waals surface area (Å²) in [7, 11) is -3.17. The van der Waals surface area contributed by atoms with E-state index in [4.69, 9.17) is 0 Å². The molecule has 0 saturated carbocycles. The molecule has 3 nitrogen and oxygen atoms in total. The first-order chi connectivity index (χ1) is 29.1. The summed E-state index contributed by atoms with van der Waals surface area (Å²) in [6.07, 6.45) is 0. The zero-order valence-electron chi connectivity index (χ0n) is 31.9. The van der Waals surface area contributed by atoms with E-state index >= 15 is 4.57 Å². The molecule has 0 aliphatic carbocycles. The van der Waals surface area contributed by atoms with Crippen LogP contribution in [0, 0.1) is 0 Å². The van der Waals surface area contributed by atoms with Gasteiger partial charge in [0, 0.05) is 58.6 Å². The Balaban J connectivity index is 0.926. The fraction of sp³-hybridized carbons (Fsp3) is 0. The SMILES string of the molecule is O=P1(c2ccccc2)c2ccc(-c3ccc(-n4c5ccccc5c5ccccc54)cc3)cc2Sc2cc(-c3ccc(-n4c5ccccc5c5ccccc54)cc3)ccc21. The number of benzene rings is 9. The Hall–Kier alpha value is -6.84. The van der Waals surface area contributed by atoms with Gasteiger partial charge >= 0.3 is 0 Å². The molecule has 0 saturated heterocycles. The molecule has 278 valence electrons. The van der Waals surface area contributed by atoms with Crippen molar-refractivity contribution < 1.29 is 4.57 Å². The third-order valence-electron chi connectivity index (χ3n) is 12.0. The molecule has 5 heteroatoms. The van der Waals surface area contributed by atoms with Crippen LogP contribution in [0.2, 0.25) is 0 Å². The van der Waals surface area contributed by atoms with Crippen LogP contribution in [0.1, 0.15) is 0 Å². The Morgan fingerprint density at radius 2 is 0.678 bits per heavy atom. The molecule has 1 aliphatic rings. The standard InChI is InChI=1S/C54H35N2OPS/c57-58(42-12-2-1-3-13-42)51-32-26-38(36-22-28-40(29-23-36)55-47-18-8-4-14-43(47)44-15-5-9-19-48(44)55)34-53(51)59-54-35-39(27-33-52(54)58)37-24-30-41(31-25-37)56-49-20-10-6-16-45(49)46-17-7-11-21-50(46)56/h1-35H. The van der Waals surface area contributed by atoms with E-state index in [0.29, 0.717) is 0 Å². The largest absolute Gasteiger partial charge is 0.309 e. The minimum atomic E-state index is -3.17. The zero-order chi connectivity index (χ0) is 39.1. The summed E-state index contributed by atoms with van der Waals surface area (Å²) in [6.45, 7) is 0. The molecule has 0 fully saturated rings. The molecule has 0 bridgehead atoms. The maximum absolute atomic E-state index is 15.7. The molecule has 2 aromatic heterocycles. The van der Waals surface area contributed by atoms with Crippen molar-refractivity contribution >= 4 is 78.4 Å². The number of rotatable bonds is 5. The van der Waals surface area contributed by atoms with E-state index in [2.05, 4.69) is 191 Å². The molecule has 59 heavy (non-hydrogen) atoms. The molecule has 11 aromatic rings. The first kappa shape index (κ1) is 34.2. The molecule has 9 aromatic carbocycles. The van der Waals surface area contributed by atoms with Gasteiger partial charge in [0.1, 0.15) is 0 Å². The smallest absolute Gasteiger partial charge is 0.173 e. The van der Waals surface area contributed by atoms with Gasteiger partial charge in [-0.1, -0.05) is 151 Å². The van der Waals surface area contributed by atoms with Crippen LogP contribution in [-0.4, -0.2) is 9.13 Å². The minimum Gasteiger partial charge on any atom is -0.309 e. The van der Waals surface area contributed by atoms with Crippen molar-refractivity contribution in [1.82, 2.24) is 9.13 Å². The second-order valence-corrected chi connectivity index (χ2v) is 19.0.